The van der Waals surface area contributed by atoms with E-state index in [2.05, 4.69) is 10.5 Å². The minimum absolute atomic E-state index is 0.154. The van der Waals surface area contributed by atoms with Crippen LogP contribution in [-0.2, 0) is 5.72 Å². The highest BCUT2D eigenvalue weighted by molar-refractivity contribution is 6.15. The van der Waals surface area contributed by atoms with Gasteiger partial charge >= 0.3 is 11.7 Å². The topological polar surface area (TPSA) is 175 Å². The van der Waals surface area contributed by atoms with Crippen molar-refractivity contribution in [2.24, 2.45) is 5.10 Å². The standard InChI is InChI=1S/C18H16N6O7/c1-21-16(25)22(2)18(27)15(11-5-3-4-6-12(11)17(18,21)26)20-19-13-8-7-10(23(28)29)9-14(13)24(30)31/h3-9,19,26-27H,1-2H3. The van der Waals surface area contributed by atoms with Crippen LogP contribution in [0.1, 0.15) is 11.1 Å². The van der Waals surface area contributed by atoms with Gasteiger partial charge < -0.3 is 10.2 Å². The molecule has 1 aliphatic carbocycles. The zero-order valence-corrected chi connectivity index (χ0v) is 16.2. The van der Waals surface area contributed by atoms with Gasteiger partial charge in [-0.25, -0.2) is 4.79 Å². The third kappa shape index (κ3) is 2.44. The fourth-order valence-electron chi connectivity index (χ4n) is 3.98. The number of hydrazone groups is 1. The average molecular weight is 428 g/mol. The van der Waals surface area contributed by atoms with E-state index < -0.39 is 38.7 Å². The maximum atomic E-state index is 12.5. The van der Waals surface area contributed by atoms with Gasteiger partial charge in [0.1, 0.15) is 11.4 Å². The number of nitrogens with zero attached hydrogens (tertiary/aromatic N) is 5. The number of carbonyl (C=O) groups is 1. The lowest BCUT2D eigenvalue weighted by atomic mass is 9.99. The first-order chi connectivity index (χ1) is 14.5. The molecule has 0 spiro atoms. The molecule has 0 saturated carbocycles. The number of rotatable bonds is 4. The highest BCUT2D eigenvalue weighted by Crippen LogP contribution is 2.52. The Hall–Kier alpha value is -4.10. The highest BCUT2D eigenvalue weighted by atomic mass is 16.6. The number of likely N-dealkylation sites (N-methyl/N-ethyl adjacent to an activating group) is 2. The molecule has 13 heteroatoms. The summed E-state index contributed by atoms with van der Waals surface area (Å²) in [4.78, 5) is 35.1. The predicted molar refractivity (Wildman–Crippen MR) is 106 cm³/mol. The van der Waals surface area contributed by atoms with Gasteiger partial charge in [0.15, 0.2) is 0 Å². The molecule has 1 heterocycles. The molecule has 0 radical (unpaired) electrons. The first-order valence-electron chi connectivity index (χ1n) is 8.88. The summed E-state index contributed by atoms with van der Waals surface area (Å²) in [7, 11) is 2.61. The largest absolute Gasteiger partial charge is 0.363 e. The lowest BCUT2D eigenvalue weighted by Gasteiger charge is -2.35. The molecule has 2 unspecified atom stereocenters. The Kier molecular flexibility index (Phi) is 4.20. The van der Waals surface area contributed by atoms with E-state index in [1.54, 1.807) is 18.2 Å². The van der Waals surface area contributed by atoms with Crippen molar-refractivity contribution in [1.82, 2.24) is 9.80 Å². The molecule has 4 rings (SSSR count). The molecule has 2 aliphatic rings. The van der Waals surface area contributed by atoms with Gasteiger partial charge in [-0.3, -0.25) is 35.5 Å². The summed E-state index contributed by atoms with van der Waals surface area (Å²) >= 11 is 0. The SMILES string of the molecule is CN1C(=O)N(C)C2(O)c3ccccc3C(=NNc3ccc([N+](=O)[O-])cc3[N+](=O)[O-])C12O. The maximum Gasteiger partial charge on any atom is 0.324 e. The van der Waals surface area contributed by atoms with E-state index in [9.17, 15) is 35.2 Å². The van der Waals surface area contributed by atoms with E-state index in [1.807, 2.05) is 0 Å². The van der Waals surface area contributed by atoms with Crippen LogP contribution in [0.2, 0.25) is 0 Å². The number of hydrogen-bond donors (Lipinski definition) is 3. The van der Waals surface area contributed by atoms with Crippen LogP contribution in [0.15, 0.2) is 47.6 Å². The number of aliphatic hydroxyl groups is 2. The third-order valence-corrected chi connectivity index (χ3v) is 5.60. The Morgan fingerprint density at radius 2 is 1.65 bits per heavy atom. The molecular weight excluding hydrogens is 412 g/mol. The van der Waals surface area contributed by atoms with Crippen LogP contribution >= 0.6 is 0 Å². The Labute approximate surface area is 174 Å². The average Bonchev–Trinajstić information content (AvgIpc) is 3.02. The Bertz CT molecular complexity index is 1180. The van der Waals surface area contributed by atoms with Gasteiger partial charge in [-0.15, -0.1) is 0 Å². The first kappa shape index (κ1) is 20.2. The van der Waals surface area contributed by atoms with Gasteiger partial charge in [0.05, 0.1) is 15.9 Å². The van der Waals surface area contributed by atoms with Crippen molar-refractivity contribution in [2.75, 3.05) is 19.5 Å². The molecule has 0 bridgehead atoms. The number of hydrogen-bond acceptors (Lipinski definition) is 9. The number of fused-ring (bicyclic) bond motifs is 3. The Balaban J connectivity index is 1.86. The molecule has 13 nitrogen and oxygen atoms in total. The normalized spacial score (nSPS) is 25.5. The van der Waals surface area contributed by atoms with E-state index >= 15 is 0 Å². The van der Waals surface area contributed by atoms with Crippen LogP contribution in [0.25, 0.3) is 0 Å². The van der Waals surface area contributed by atoms with Crippen molar-refractivity contribution in [3.05, 3.63) is 73.8 Å². The number of anilines is 1. The van der Waals surface area contributed by atoms with E-state index in [1.165, 1.54) is 20.2 Å². The van der Waals surface area contributed by atoms with E-state index in [0.717, 1.165) is 28.0 Å². The van der Waals surface area contributed by atoms with E-state index in [0.29, 0.717) is 5.56 Å². The molecule has 2 aromatic rings. The van der Waals surface area contributed by atoms with Gasteiger partial charge in [-0.1, -0.05) is 24.3 Å². The lowest BCUT2D eigenvalue weighted by Crippen LogP contribution is -2.59. The van der Waals surface area contributed by atoms with Crippen LogP contribution in [0.5, 0.6) is 0 Å². The lowest BCUT2D eigenvalue weighted by molar-refractivity contribution is -0.393. The number of benzene rings is 2. The van der Waals surface area contributed by atoms with Crippen molar-refractivity contribution in [3.63, 3.8) is 0 Å². The number of carbonyl (C=O) groups excluding carboxylic acids is 1. The second-order valence-corrected chi connectivity index (χ2v) is 7.08. The van der Waals surface area contributed by atoms with Crippen molar-refractivity contribution in [1.29, 1.82) is 0 Å². The molecule has 1 aliphatic heterocycles. The highest BCUT2D eigenvalue weighted by Gasteiger charge is 2.72. The van der Waals surface area contributed by atoms with Gasteiger partial charge in [0.2, 0.25) is 11.4 Å². The van der Waals surface area contributed by atoms with Gasteiger partial charge in [-0.2, -0.15) is 5.10 Å². The van der Waals surface area contributed by atoms with Crippen LogP contribution < -0.4 is 5.43 Å². The van der Waals surface area contributed by atoms with Gasteiger partial charge in [0, 0.05) is 31.3 Å². The second-order valence-electron chi connectivity index (χ2n) is 7.08. The molecule has 1 saturated heterocycles. The van der Waals surface area contributed by atoms with Crippen molar-refractivity contribution in [3.8, 4) is 0 Å². The molecule has 2 aromatic carbocycles. The zero-order chi connectivity index (χ0) is 22.7. The Morgan fingerprint density at radius 3 is 2.29 bits per heavy atom. The smallest absolute Gasteiger partial charge is 0.324 e. The monoisotopic (exact) mass is 428 g/mol. The van der Waals surface area contributed by atoms with Gasteiger partial charge in [-0.05, 0) is 6.07 Å². The summed E-state index contributed by atoms with van der Waals surface area (Å²) in [6.45, 7) is 0. The minimum Gasteiger partial charge on any atom is -0.363 e. The van der Waals surface area contributed by atoms with E-state index in [-0.39, 0.29) is 17.0 Å². The predicted octanol–water partition coefficient (Wildman–Crippen LogP) is 1.16. The summed E-state index contributed by atoms with van der Waals surface area (Å²) in [6, 6.07) is 8.61. The third-order valence-electron chi connectivity index (χ3n) is 5.60. The second kappa shape index (κ2) is 6.45. The van der Waals surface area contributed by atoms with Crippen LogP contribution in [0.3, 0.4) is 0 Å². The van der Waals surface area contributed by atoms with Crippen molar-refractivity contribution in [2.45, 2.75) is 11.4 Å². The molecular formula is C18H16N6O7. The van der Waals surface area contributed by atoms with Gasteiger partial charge in [0.25, 0.3) is 5.69 Å². The molecule has 3 N–H and O–H groups in total. The number of urea groups is 1. The molecule has 0 aromatic heterocycles. The number of amides is 2. The fraction of sp³-hybridized carbons (Fsp3) is 0.222. The van der Waals surface area contributed by atoms with Crippen LogP contribution in [-0.4, -0.2) is 61.4 Å². The summed E-state index contributed by atoms with van der Waals surface area (Å²) < 4.78 is 0. The van der Waals surface area contributed by atoms with Crippen molar-refractivity contribution >= 4 is 28.8 Å². The Morgan fingerprint density at radius 1 is 1.00 bits per heavy atom. The summed E-state index contributed by atoms with van der Waals surface area (Å²) in [5.74, 6) is 0. The van der Waals surface area contributed by atoms with E-state index in [4.69, 9.17) is 0 Å². The molecule has 2 atom stereocenters. The quantitative estimate of drug-likeness (QED) is 0.480. The number of nitro groups is 2. The summed E-state index contributed by atoms with van der Waals surface area (Å²) in [5.41, 5.74) is -2.90. The molecule has 2 amide bonds. The number of nitrogens with one attached hydrogen (secondary N) is 1. The zero-order valence-electron chi connectivity index (χ0n) is 16.2. The summed E-state index contributed by atoms with van der Waals surface area (Å²) in [5, 5.41) is 49.2. The summed E-state index contributed by atoms with van der Waals surface area (Å²) in [6.07, 6.45) is 0. The fourth-order valence-corrected chi connectivity index (χ4v) is 3.98. The molecule has 31 heavy (non-hydrogen) atoms. The number of non-ortho nitro benzene ring substituents is 1. The molecule has 160 valence electrons. The first-order valence-corrected chi connectivity index (χ1v) is 8.88. The minimum atomic E-state index is -2.30. The maximum absolute atomic E-state index is 12.5. The van der Waals surface area contributed by atoms with Crippen molar-refractivity contribution < 1.29 is 24.9 Å². The van der Waals surface area contributed by atoms with Crippen LogP contribution in [0.4, 0.5) is 21.9 Å². The van der Waals surface area contributed by atoms with Crippen LogP contribution in [0, 0.1) is 20.2 Å². The molecule has 1 fully saturated rings. The number of nitro benzene ring substituents is 2.